The molecule has 5 rings (SSSR count). The molecule has 0 fully saturated rings. The molecule has 33 heavy (non-hydrogen) atoms. The maximum absolute atomic E-state index is 13.4. The van der Waals surface area contributed by atoms with E-state index in [9.17, 15) is 4.79 Å². The van der Waals surface area contributed by atoms with Crippen molar-refractivity contribution in [1.82, 2.24) is 9.97 Å². The van der Waals surface area contributed by atoms with Crippen LogP contribution in [-0.2, 0) is 11.2 Å². The third-order valence-electron chi connectivity index (χ3n) is 5.09. The smallest absolute Gasteiger partial charge is 0.265 e. The Morgan fingerprint density at radius 3 is 2.36 bits per heavy atom. The van der Waals surface area contributed by atoms with E-state index in [0.29, 0.717) is 16.0 Å². The maximum atomic E-state index is 13.4. The molecular weight excluding hydrogens is 452 g/mol. The topological polar surface area (TPSA) is 82.8 Å². The van der Waals surface area contributed by atoms with E-state index >= 15 is 0 Å². The summed E-state index contributed by atoms with van der Waals surface area (Å²) >= 11 is 2.90. The first kappa shape index (κ1) is 21.2. The fourth-order valence-electron chi connectivity index (χ4n) is 3.43. The highest BCUT2D eigenvalue weighted by molar-refractivity contribution is 7.15. The zero-order chi connectivity index (χ0) is 22.8. The molecule has 164 valence electrons. The molecular formula is C24H20N6OS2. The highest BCUT2D eigenvalue weighted by atomic mass is 32.1. The largest absolute Gasteiger partial charge is 0.303 e. The molecule has 0 saturated heterocycles. The highest BCUT2D eigenvalue weighted by Crippen LogP contribution is 2.30. The molecule has 1 amide bonds. The molecule has 0 spiro atoms. The average Bonchev–Trinajstić information content (AvgIpc) is 3.56. The summed E-state index contributed by atoms with van der Waals surface area (Å²) in [5, 5.41) is 13.4. The fourth-order valence-corrected chi connectivity index (χ4v) is 5.05. The lowest BCUT2D eigenvalue weighted by atomic mass is 10.1. The Balaban J connectivity index is 1.49. The van der Waals surface area contributed by atoms with Crippen LogP contribution in [-0.4, -0.2) is 27.3 Å². The number of aromatic nitrogens is 2. The number of anilines is 2. The molecule has 1 aliphatic rings. The molecule has 0 radical (unpaired) electrons. The average molecular weight is 473 g/mol. The van der Waals surface area contributed by atoms with Gasteiger partial charge in [0.25, 0.3) is 0 Å². The molecule has 7 nitrogen and oxygen atoms in total. The lowest BCUT2D eigenvalue weighted by molar-refractivity contribution is -0.112. The van der Waals surface area contributed by atoms with E-state index in [4.69, 9.17) is 0 Å². The number of amides is 1. The molecule has 4 aromatic rings. The molecule has 2 aromatic heterocycles. The Hall–Kier alpha value is -3.69. The maximum Gasteiger partial charge on any atom is 0.303 e. The summed E-state index contributed by atoms with van der Waals surface area (Å²) in [5.41, 5.74) is 7.25. The van der Waals surface area contributed by atoms with Gasteiger partial charge in [-0.2, -0.15) is 15.2 Å². The second-order valence-electron chi connectivity index (χ2n) is 7.27. The third-order valence-corrected chi connectivity index (χ3v) is 7.11. The predicted octanol–water partition coefficient (Wildman–Crippen LogP) is 5.36. The number of hydrogen-bond acceptors (Lipinski definition) is 8. The molecule has 1 N–H and O–H groups in total. The van der Waals surface area contributed by atoms with Crippen molar-refractivity contribution in [1.29, 1.82) is 0 Å². The number of carbonyl (C=O) groups is 1. The van der Waals surface area contributed by atoms with Crippen LogP contribution >= 0.6 is 22.7 Å². The fraction of sp³-hybridized carbons (Fsp3) is 0.125. The lowest BCUT2D eigenvalue weighted by Crippen LogP contribution is -2.28. The Bertz CT molecular complexity index is 1360. The van der Waals surface area contributed by atoms with Crippen molar-refractivity contribution < 1.29 is 4.79 Å². The van der Waals surface area contributed by atoms with Gasteiger partial charge in [-0.05, 0) is 13.3 Å². The van der Waals surface area contributed by atoms with E-state index in [0.717, 1.165) is 28.9 Å². The van der Waals surface area contributed by atoms with Gasteiger partial charge in [0.2, 0.25) is 10.3 Å². The Morgan fingerprint density at radius 2 is 1.70 bits per heavy atom. The third kappa shape index (κ3) is 4.20. The van der Waals surface area contributed by atoms with Crippen LogP contribution in [0.1, 0.15) is 23.1 Å². The minimum Gasteiger partial charge on any atom is -0.265 e. The number of carbonyl (C=O) groups excluding carboxylic acids is 1. The summed E-state index contributed by atoms with van der Waals surface area (Å²) < 4.78 is 0. The van der Waals surface area contributed by atoms with E-state index in [1.165, 1.54) is 32.6 Å². The number of rotatable bonds is 6. The summed E-state index contributed by atoms with van der Waals surface area (Å²) in [6, 6.07) is 19.4. The molecule has 0 bridgehead atoms. The first-order valence-corrected chi connectivity index (χ1v) is 12.1. The molecule has 0 atom stereocenters. The van der Waals surface area contributed by atoms with Crippen LogP contribution in [0.5, 0.6) is 0 Å². The van der Waals surface area contributed by atoms with Gasteiger partial charge in [0, 0.05) is 21.4 Å². The van der Waals surface area contributed by atoms with E-state index in [1.807, 2.05) is 73.0 Å². The van der Waals surface area contributed by atoms with Crippen molar-refractivity contribution >= 4 is 50.3 Å². The number of thiazole rings is 2. The van der Waals surface area contributed by atoms with E-state index in [2.05, 4.69) is 32.5 Å². The summed E-state index contributed by atoms with van der Waals surface area (Å²) in [7, 11) is 0. The second-order valence-corrected chi connectivity index (χ2v) is 9.19. The van der Waals surface area contributed by atoms with Crippen molar-refractivity contribution in [2.45, 2.75) is 20.3 Å². The first-order valence-electron chi connectivity index (χ1n) is 10.4. The number of hydrogen-bond donors (Lipinski definition) is 1. The van der Waals surface area contributed by atoms with Gasteiger partial charge in [-0.25, -0.2) is 9.97 Å². The number of nitrogens with one attached hydrogen (secondary N) is 1. The van der Waals surface area contributed by atoms with Crippen molar-refractivity contribution in [2.75, 3.05) is 10.4 Å². The number of aryl methyl sites for hydroxylation is 2. The van der Waals surface area contributed by atoms with E-state index in [1.54, 1.807) is 0 Å². The van der Waals surface area contributed by atoms with Crippen molar-refractivity contribution in [3.8, 4) is 11.3 Å². The SMILES string of the molecule is CCc1sc(NN=C2C(=O)N(c3nc(-c4ccccc4)cs3)N=C2c2ccccc2)nc1C. The minimum atomic E-state index is -0.334. The Labute approximate surface area is 199 Å². The van der Waals surface area contributed by atoms with Crippen LogP contribution in [0.25, 0.3) is 11.3 Å². The van der Waals surface area contributed by atoms with Crippen LogP contribution < -0.4 is 10.4 Å². The summed E-state index contributed by atoms with van der Waals surface area (Å²) in [6.45, 7) is 4.06. The molecule has 0 unspecified atom stereocenters. The van der Waals surface area contributed by atoms with Crippen molar-refractivity contribution in [3.05, 3.63) is 82.2 Å². The Kier molecular flexibility index (Phi) is 5.80. The molecule has 9 heteroatoms. The lowest BCUT2D eigenvalue weighted by Gasteiger charge is -2.06. The molecule has 3 heterocycles. The van der Waals surface area contributed by atoms with Gasteiger partial charge in [-0.15, -0.1) is 22.7 Å². The summed E-state index contributed by atoms with van der Waals surface area (Å²) in [5.74, 6) is -0.334. The van der Waals surface area contributed by atoms with Crippen LogP contribution in [0.3, 0.4) is 0 Å². The first-order chi connectivity index (χ1) is 16.1. The van der Waals surface area contributed by atoms with Gasteiger partial charge in [0.1, 0.15) is 5.71 Å². The van der Waals surface area contributed by atoms with Crippen LogP contribution in [0.15, 0.2) is 76.2 Å². The predicted molar refractivity (Wildman–Crippen MR) is 135 cm³/mol. The number of benzene rings is 2. The standard InChI is InChI=1S/C24H20N6OS2/c1-3-19-15(2)25-23(33-19)28-27-21-20(17-12-8-5-9-13-17)29-30(22(21)31)24-26-18(14-32-24)16-10-6-4-7-11-16/h4-14H,3H2,1-2H3,(H,25,28). The summed E-state index contributed by atoms with van der Waals surface area (Å²) in [4.78, 5) is 23.7. The quantitative estimate of drug-likeness (QED) is 0.383. The molecule has 0 saturated carbocycles. The van der Waals surface area contributed by atoms with Gasteiger partial charge >= 0.3 is 5.91 Å². The van der Waals surface area contributed by atoms with Crippen molar-refractivity contribution in [2.24, 2.45) is 10.2 Å². The zero-order valence-corrected chi connectivity index (χ0v) is 19.7. The monoisotopic (exact) mass is 472 g/mol. The molecule has 1 aliphatic heterocycles. The number of nitrogens with zero attached hydrogens (tertiary/aromatic N) is 5. The number of hydrazone groups is 2. The molecule has 0 aliphatic carbocycles. The van der Waals surface area contributed by atoms with Crippen molar-refractivity contribution in [3.63, 3.8) is 0 Å². The van der Waals surface area contributed by atoms with Crippen LogP contribution in [0.4, 0.5) is 10.3 Å². The van der Waals surface area contributed by atoms with Gasteiger partial charge in [-0.3, -0.25) is 10.2 Å². The van der Waals surface area contributed by atoms with Gasteiger partial charge in [-0.1, -0.05) is 67.6 Å². The highest BCUT2D eigenvalue weighted by Gasteiger charge is 2.35. The molecule has 2 aromatic carbocycles. The van der Waals surface area contributed by atoms with Crippen LogP contribution in [0, 0.1) is 6.92 Å². The summed E-state index contributed by atoms with van der Waals surface area (Å²) in [6.07, 6.45) is 0.902. The zero-order valence-electron chi connectivity index (χ0n) is 18.0. The normalized spacial score (nSPS) is 14.7. The van der Waals surface area contributed by atoms with Gasteiger partial charge in [0.05, 0.1) is 11.4 Å². The van der Waals surface area contributed by atoms with Crippen LogP contribution in [0.2, 0.25) is 0 Å². The second kappa shape index (κ2) is 9.05. The van der Waals surface area contributed by atoms with E-state index in [-0.39, 0.29) is 11.6 Å². The van der Waals surface area contributed by atoms with E-state index < -0.39 is 0 Å². The Morgan fingerprint density at radius 1 is 1.00 bits per heavy atom. The minimum absolute atomic E-state index is 0.226. The van der Waals surface area contributed by atoms with Gasteiger partial charge < -0.3 is 0 Å². The van der Waals surface area contributed by atoms with Gasteiger partial charge in [0.15, 0.2) is 5.71 Å².